The molecule has 1 saturated heterocycles. The van der Waals surface area contributed by atoms with Gasteiger partial charge in [-0.1, -0.05) is 11.2 Å². The van der Waals surface area contributed by atoms with E-state index < -0.39 is 17.5 Å². The quantitative estimate of drug-likeness (QED) is 0.399. The van der Waals surface area contributed by atoms with E-state index in [1.54, 1.807) is 6.20 Å². The summed E-state index contributed by atoms with van der Waals surface area (Å²) in [6.07, 6.45) is 4.22. The van der Waals surface area contributed by atoms with Gasteiger partial charge < -0.3 is 19.3 Å². The number of hydrogen-bond acceptors (Lipinski definition) is 7. The van der Waals surface area contributed by atoms with Crippen molar-refractivity contribution >= 4 is 28.4 Å². The molecule has 0 atom stereocenters. The summed E-state index contributed by atoms with van der Waals surface area (Å²) in [7, 11) is 0. The highest BCUT2D eigenvalue weighted by atomic mass is 19.1. The number of carbonyl (C=O) groups is 2. The average Bonchev–Trinajstić information content (AvgIpc) is 3.50. The van der Waals surface area contributed by atoms with Gasteiger partial charge in [0.25, 0.3) is 11.7 Å². The molecule has 4 aromatic rings. The molecule has 1 fully saturated rings. The number of carbonyl (C=O) groups excluding carboxylic acids is 2. The van der Waals surface area contributed by atoms with Gasteiger partial charge in [0.1, 0.15) is 11.6 Å². The highest BCUT2D eigenvalue weighted by Crippen LogP contribution is 2.30. The number of pyridine rings is 1. The van der Waals surface area contributed by atoms with Gasteiger partial charge in [-0.15, -0.1) is 0 Å². The Balaban J connectivity index is 1.38. The summed E-state index contributed by atoms with van der Waals surface area (Å²) in [5.41, 5.74) is 0.785. The van der Waals surface area contributed by atoms with Crippen LogP contribution in [0.4, 0.5) is 10.2 Å². The lowest BCUT2D eigenvalue weighted by Gasteiger charge is -2.35. The minimum atomic E-state index is -0.762. The molecule has 1 N–H and O–H groups in total. The van der Waals surface area contributed by atoms with Crippen molar-refractivity contribution in [2.24, 2.45) is 0 Å². The van der Waals surface area contributed by atoms with Crippen LogP contribution in [0.3, 0.4) is 0 Å². The fraction of sp³-hybridized carbons (Fsp3) is 0.190. The third kappa shape index (κ3) is 3.31. The van der Waals surface area contributed by atoms with Crippen molar-refractivity contribution in [1.29, 1.82) is 0 Å². The summed E-state index contributed by atoms with van der Waals surface area (Å²) >= 11 is 0. The summed E-state index contributed by atoms with van der Waals surface area (Å²) < 4.78 is 19.4. The van der Waals surface area contributed by atoms with Crippen molar-refractivity contribution in [3.63, 3.8) is 0 Å². The number of anilines is 1. The number of ketones is 1. The first-order valence-electron chi connectivity index (χ1n) is 9.69. The van der Waals surface area contributed by atoms with Gasteiger partial charge in [0.15, 0.2) is 0 Å². The third-order valence-electron chi connectivity index (χ3n) is 5.37. The zero-order chi connectivity index (χ0) is 21.4. The van der Waals surface area contributed by atoms with Crippen LogP contribution in [-0.2, 0) is 4.79 Å². The molecule has 0 radical (unpaired) electrons. The minimum absolute atomic E-state index is 0.0185. The molecule has 5 rings (SSSR count). The Labute approximate surface area is 175 Å². The first-order valence-corrected chi connectivity index (χ1v) is 9.69. The largest absolute Gasteiger partial charge is 0.360 e. The molecule has 10 heteroatoms. The number of fused-ring (bicyclic) bond motifs is 1. The molecule has 0 unspecified atom stereocenters. The normalized spacial score (nSPS) is 14.2. The molecule has 1 amide bonds. The molecule has 0 aliphatic carbocycles. The van der Waals surface area contributed by atoms with Crippen LogP contribution < -0.4 is 4.90 Å². The van der Waals surface area contributed by atoms with E-state index in [2.05, 4.69) is 25.0 Å². The van der Waals surface area contributed by atoms with Gasteiger partial charge in [0, 0.05) is 49.5 Å². The van der Waals surface area contributed by atoms with E-state index >= 15 is 0 Å². The fourth-order valence-electron chi connectivity index (χ4n) is 3.80. The molecule has 0 saturated carbocycles. The minimum Gasteiger partial charge on any atom is -0.360 e. The monoisotopic (exact) mass is 420 g/mol. The first-order chi connectivity index (χ1) is 15.1. The number of H-pyrrole nitrogens is 1. The van der Waals surface area contributed by atoms with Gasteiger partial charge in [-0.25, -0.2) is 9.37 Å². The molecule has 0 spiro atoms. The van der Waals surface area contributed by atoms with E-state index in [0.717, 1.165) is 12.2 Å². The molecule has 3 aromatic heterocycles. The molecule has 9 nitrogen and oxygen atoms in total. The predicted octanol–water partition coefficient (Wildman–Crippen LogP) is 2.28. The maximum absolute atomic E-state index is 14.6. The number of Topliss-reactive ketones (excluding diaryl/α,β-unsaturated/α-hetero) is 1. The Morgan fingerprint density at radius 1 is 1.06 bits per heavy atom. The number of nitrogens with zero attached hydrogens (tertiary/aromatic N) is 5. The molecule has 4 heterocycles. The van der Waals surface area contributed by atoms with E-state index in [0.29, 0.717) is 37.3 Å². The van der Waals surface area contributed by atoms with Crippen molar-refractivity contribution in [3.05, 3.63) is 60.5 Å². The summed E-state index contributed by atoms with van der Waals surface area (Å²) in [6, 6.07) is 8.35. The van der Waals surface area contributed by atoms with Crippen LogP contribution in [0.5, 0.6) is 0 Å². The molecular formula is C21H17FN6O3. The van der Waals surface area contributed by atoms with Gasteiger partial charge in [0.2, 0.25) is 12.2 Å². The van der Waals surface area contributed by atoms with Crippen LogP contribution in [0.25, 0.3) is 22.3 Å². The van der Waals surface area contributed by atoms with E-state index in [9.17, 15) is 14.0 Å². The summed E-state index contributed by atoms with van der Waals surface area (Å²) in [5, 5.41) is 3.80. The van der Waals surface area contributed by atoms with Gasteiger partial charge in [0.05, 0.1) is 11.1 Å². The van der Waals surface area contributed by atoms with Crippen molar-refractivity contribution in [2.75, 3.05) is 31.1 Å². The Morgan fingerprint density at radius 3 is 2.61 bits per heavy atom. The number of amides is 1. The van der Waals surface area contributed by atoms with Crippen LogP contribution in [-0.4, -0.2) is 62.9 Å². The lowest BCUT2D eigenvalue weighted by Crippen LogP contribution is -2.50. The van der Waals surface area contributed by atoms with Crippen LogP contribution in [0.1, 0.15) is 10.4 Å². The second-order valence-electron chi connectivity index (χ2n) is 7.10. The number of hydrogen-bond donors (Lipinski definition) is 1. The molecule has 1 aliphatic heterocycles. The van der Waals surface area contributed by atoms with Crippen LogP contribution in [0.15, 0.2) is 53.6 Å². The van der Waals surface area contributed by atoms with Crippen LogP contribution >= 0.6 is 0 Å². The Bertz CT molecular complexity index is 1250. The standard InChI is InChI=1S/C21H17FN6O3/c22-15-5-4-13(20-25-12-31-26-20)18-17(15)14(11-24-18)19(29)21(30)28-9-7-27(8-10-28)16-3-1-2-6-23-16/h1-6,11-12,24H,7-10H2. The molecule has 0 bridgehead atoms. The predicted molar refractivity (Wildman–Crippen MR) is 109 cm³/mol. The van der Waals surface area contributed by atoms with E-state index in [4.69, 9.17) is 4.52 Å². The maximum Gasteiger partial charge on any atom is 0.295 e. The maximum atomic E-state index is 14.6. The fourth-order valence-corrected chi connectivity index (χ4v) is 3.80. The van der Waals surface area contributed by atoms with Crippen molar-refractivity contribution in [1.82, 2.24) is 25.0 Å². The highest BCUT2D eigenvalue weighted by molar-refractivity contribution is 6.45. The lowest BCUT2D eigenvalue weighted by molar-refractivity contribution is -0.126. The molecule has 31 heavy (non-hydrogen) atoms. The number of halogens is 1. The summed E-state index contributed by atoms with van der Waals surface area (Å²) in [6.45, 7) is 1.86. The van der Waals surface area contributed by atoms with Gasteiger partial charge in [-0.3, -0.25) is 9.59 Å². The zero-order valence-corrected chi connectivity index (χ0v) is 16.3. The number of aromatic amines is 1. The van der Waals surface area contributed by atoms with Crippen LogP contribution in [0.2, 0.25) is 0 Å². The van der Waals surface area contributed by atoms with Gasteiger partial charge in [-0.2, -0.15) is 4.98 Å². The van der Waals surface area contributed by atoms with Gasteiger partial charge in [-0.05, 0) is 24.3 Å². The van der Waals surface area contributed by atoms with E-state index in [1.165, 1.54) is 23.2 Å². The van der Waals surface area contributed by atoms with E-state index in [-0.39, 0.29) is 16.8 Å². The number of rotatable bonds is 4. The van der Waals surface area contributed by atoms with Crippen molar-refractivity contribution in [2.45, 2.75) is 0 Å². The lowest BCUT2D eigenvalue weighted by atomic mass is 10.0. The summed E-state index contributed by atoms with van der Waals surface area (Å²) in [5.74, 6) is -0.955. The van der Waals surface area contributed by atoms with Crippen molar-refractivity contribution < 1.29 is 18.5 Å². The Kier molecular flexibility index (Phi) is 4.66. The number of piperazine rings is 1. The number of nitrogens with one attached hydrogen (secondary N) is 1. The Hall–Kier alpha value is -4.08. The Morgan fingerprint density at radius 2 is 1.90 bits per heavy atom. The average molecular weight is 420 g/mol. The second-order valence-corrected chi connectivity index (χ2v) is 7.10. The SMILES string of the molecule is O=C(C(=O)N1CCN(c2ccccn2)CC1)c1c[nH]c2c(-c3ncon3)ccc(F)c12. The summed E-state index contributed by atoms with van der Waals surface area (Å²) in [4.78, 5) is 40.5. The molecule has 1 aliphatic rings. The van der Waals surface area contributed by atoms with Crippen LogP contribution in [0, 0.1) is 5.82 Å². The topological polar surface area (TPSA) is 108 Å². The highest BCUT2D eigenvalue weighted by Gasteiger charge is 2.30. The molecular weight excluding hydrogens is 403 g/mol. The van der Waals surface area contributed by atoms with Gasteiger partial charge >= 0.3 is 0 Å². The third-order valence-corrected chi connectivity index (χ3v) is 5.37. The smallest absolute Gasteiger partial charge is 0.295 e. The second kappa shape index (κ2) is 7.63. The van der Waals surface area contributed by atoms with E-state index in [1.807, 2.05) is 18.2 Å². The number of benzene rings is 1. The number of aromatic nitrogens is 4. The molecule has 1 aromatic carbocycles. The molecule has 156 valence electrons. The zero-order valence-electron chi connectivity index (χ0n) is 16.3. The first kappa shape index (κ1) is 18.9. The van der Waals surface area contributed by atoms with Crippen molar-refractivity contribution in [3.8, 4) is 11.4 Å².